The van der Waals surface area contributed by atoms with Gasteiger partial charge in [0, 0.05) is 43.5 Å². The molecule has 14 heteroatoms. The monoisotopic (exact) mass is 684 g/mol. The molecule has 4 aromatic rings. The quantitative estimate of drug-likeness (QED) is 0.151. The highest BCUT2D eigenvalue weighted by Gasteiger charge is 2.34. The van der Waals surface area contributed by atoms with Crippen molar-refractivity contribution in [3.05, 3.63) is 87.9 Å². The lowest BCUT2D eigenvalue weighted by Crippen LogP contribution is -2.58. The van der Waals surface area contributed by atoms with E-state index in [0.29, 0.717) is 11.6 Å². The topological polar surface area (TPSA) is 104 Å². The summed E-state index contributed by atoms with van der Waals surface area (Å²) in [7, 11) is 0. The van der Waals surface area contributed by atoms with E-state index < -0.39 is 59.1 Å². The number of nitrogens with one attached hydrogen (secondary N) is 1. The van der Waals surface area contributed by atoms with Gasteiger partial charge in [-0.2, -0.15) is 4.98 Å². The van der Waals surface area contributed by atoms with Crippen molar-refractivity contribution in [2.24, 2.45) is 0 Å². The van der Waals surface area contributed by atoms with Crippen LogP contribution in [0.15, 0.2) is 47.9 Å². The predicted molar refractivity (Wildman–Crippen MR) is 175 cm³/mol. The van der Waals surface area contributed by atoms with Crippen LogP contribution in [0, 0.1) is 24.4 Å². The Morgan fingerprint density at radius 1 is 1.12 bits per heavy atom. The number of hydrogen-bond donors (Lipinski definition) is 1. The minimum absolute atomic E-state index is 0.0106. The van der Waals surface area contributed by atoms with Gasteiger partial charge in [0.1, 0.15) is 22.9 Å². The highest BCUT2D eigenvalue weighted by molar-refractivity contribution is 5.90. The molecule has 1 aliphatic heterocycles. The number of nitrogens with zero attached hydrogens (tertiary/aromatic N) is 5. The Bertz CT molecular complexity index is 1970. The second-order valence-corrected chi connectivity index (χ2v) is 12.6. The lowest BCUT2D eigenvalue weighted by molar-refractivity contribution is -0.128. The van der Waals surface area contributed by atoms with Crippen LogP contribution in [0.25, 0.3) is 22.3 Å². The fourth-order valence-electron chi connectivity index (χ4n) is 6.17. The van der Waals surface area contributed by atoms with Crippen LogP contribution in [0.1, 0.15) is 56.9 Å². The van der Waals surface area contributed by atoms with Crippen LogP contribution in [-0.2, 0) is 11.2 Å². The highest BCUT2D eigenvalue weighted by Crippen LogP contribution is 2.38. The van der Waals surface area contributed by atoms with Crippen LogP contribution in [0.3, 0.4) is 0 Å². The van der Waals surface area contributed by atoms with Gasteiger partial charge in [0.15, 0.2) is 24.1 Å². The predicted octanol–water partition coefficient (Wildman–Crippen LogP) is 6.49. The van der Waals surface area contributed by atoms with Crippen molar-refractivity contribution in [2.45, 2.75) is 71.4 Å². The lowest BCUT2D eigenvalue weighted by Gasteiger charge is -2.44. The van der Waals surface area contributed by atoms with Gasteiger partial charge in [-0.25, -0.2) is 31.7 Å². The molecule has 4 heterocycles. The zero-order chi connectivity index (χ0) is 35.8. The van der Waals surface area contributed by atoms with Crippen molar-refractivity contribution in [3.8, 4) is 17.0 Å². The Kier molecular flexibility index (Phi) is 10.1. The zero-order valence-electron chi connectivity index (χ0n) is 27.8. The summed E-state index contributed by atoms with van der Waals surface area (Å²) in [5, 5.41) is 0.0567. The average molecular weight is 685 g/mol. The number of ether oxygens (including phenoxy) is 1. The van der Waals surface area contributed by atoms with Crippen LogP contribution in [0.4, 0.5) is 27.8 Å². The summed E-state index contributed by atoms with van der Waals surface area (Å²) >= 11 is 0. The van der Waals surface area contributed by atoms with Gasteiger partial charge < -0.3 is 14.5 Å². The van der Waals surface area contributed by atoms with Crippen LogP contribution in [0.5, 0.6) is 5.75 Å². The molecule has 49 heavy (non-hydrogen) atoms. The normalized spacial score (nSPS) is 16.8. The number of H-pyrrole nitrogens is 1. The second kappa shape index (κ2) is 13.9. The van der Waals surface area contributed by atoms with Gasteiger partial charge in [-0.1, -0.05) is 20.4 Å². The maximum Gasteiger partial charge on any atom is 0.348 e. The number of benzene rings is 1. The van der Waals surface area contributed by atoms with E-state index in [1.165, 1.54) is 6.08 Å². The molecule has 5 rings (SSSR count). The smallest absolute Gasteiger partial charge is 0.348 e. The SMILES string of the molecule is C=CC(=O)N1C[C@H](C)N(c2nc(=O)[nH]c3nc(-c4c(OCC(F)(F)CCc5ccnc(C(C)C)c5C)ccc(F)c4F)c(F)cc23)C[C@H]1C. The number of fused-ring (bicyclic) bond motifs is 1. The number of aryl methyl sites for hydroxylation is 1. The van der Waals surface area contributed by atoms with Crippen molar-refractivity contribution >= 4 is 22.8 Å². The van der Waals surface area contributed by atoms with E-state index in [-0.39, 0.29) is 60.3 Å². The fraction of sp³-hybridized carbons (Fsp3) is 0.400. The molecule has 0 aliphatic carbocycles. The zero-order valence-corrected chi connectivity index (χ0v) is 27.8. The van der Waals surface area contributed by atoms with E-state index in [0.717, 1.165) is 23.4 Å². The van der Waals surface area contributed by atoms with Crippen molar-refractivity contribution in [1.82, 2.24) is 24.8 Å². The standard InChI is InChI=1S/C35H37F5N6O3/c1-7-27(47)45-15-20(5)46(16-19(45)4)33-23-14-25(37)31(42-32(23)43-34(48)44-33)28-26(9-8-24(36)29(28)38)49-17-35(39,40)12-10-22-11-13-41-30(18(2)3)21(22)6/h7-9,11,13-14,18-20H,1,10,12,15-17H2,2-6H3,(H,42,43,44,48)/t19-,20+/m1/s1. The number of pyridine rings is 2. The van der Waals surface area contributed by atoms with Crippen LogP contribution in [-0.4, -0.2) is 68.4 Å². The number of anilines is 1. The first-order valence-corrected chi connectivity index (χ1v) is 15.9. The highest BCUT2D eigenvalue weighted by atomic mass is 19.3. The number of alkyl halides is 2. The summed E-state index contributed by atoms with van der Waals surface area (Å²) in [6, 6.07) is 3.56. The van der Waals surface area contributed by atoms with Crippen molar-refractivity contribution < 1.29 is 31.5 Å². The average Bonchev–Trinajstić information content (AvgIpc) is 3.05. The largest absolute Gasteiger partial charge is 0.486 e. The number of hydrogen-bond acceptors (Lipinski definition) is 7. The Morgan fingerprint density at radius 2 is 1.86 bits per heavy atom. The van der Waals surface area contributed by atoms with Crippen molar-refractivity contribution in [3.63, 3.8) is 0 Å². The first-order valence-electron chi connectivity index (χ1n) is 15.9. The minimum Gasteiger partial charge on any atom is -0.486 e. The Labute approximate surface area is 279 Å². The molecule has 2 atom stereocenters. The van der Waals surface area contributed by atoms with Gasteiger partial charge in [-0.05, 0) is 74.6 Å². The molecule has 0 spiro atoms. The fourth-order valence-corrected chi connectivity index (χ4v) is 6.17. The molecule has 1 amide bonds. The number of carbonyl (C=O) groups is 1. The van der Waals surface area contributed by atoms with E-state index in [9.17, 15) is 14.0 Å². The summed E-state index contributed by atoms with van der Waals surface area (Å²) in [6.45, 7) is 12.2. The number of aromatic amines is 1. The summed E-state index contributed by atoms with van der Waals surface area (Å²) in [6.07, 6.45) is 2.18. The third-order valence-corrected chi connectivity index (χ3v) is 8.76. The number of aromatic nitrogens is 4. The van der Waals surface area contributed by atoms with Crippen LogP contribution >= 0.6 is 0 Å². The number of piperazine rings is 1. The molecular weight excluding hydrogens is 647 g/mol. The molecule has 3 aromatic heterocycles. The van der Waals surface area contributed by atoms with E-state index >= 15 is 17.6 Å². The molecule has 1 fully saturated rings. The summed E-state index contributed by atoms with van der Waals surface area (Å²) < 4.78 is 81.3. The lowest BCUT2D eigenvalue weighted by atomic mass is 9.97. The molecule has 1 saturated heterocycles. The summed E-state index contributed by atoms with van der Waals surface area (Å²) in [5.74, 6) is -8.14. The van der Waals surface area contributed by atoms with Crippen LogP contribution in [0.2, 0.25) is 0 Å². The Morgan fingerprint density at radius 3 is 2.55 bits per heavy atom. The molecule has 260 valence electrons. The Balaban J connectivity index is 1.45. The minimum atomic E-state index is -3.40. The van der Waals surface area contributed by atoms with Gasteiger partial charge in [-0.15, -0.1) is 0 Å². The van der Waals surface area contributed by atoms with Gasteiger partial charge >= 0.3 is 5.69 Å². The number of amides is 1. The van der Waals surface area contributed by atoms with Gasteiger partial charge in [0.2, 0.25) is 5.91 Å². The second-order valence-electron chi connectivity index (χ2n) is 12.6. The van der Waals surface area contributed by atoms with Gasteiger partial charge in [0.25, 0.3) is 5.92 Å². The summed E-state index contributed by atoms with van der Waals surface area (Å²) in [4.78, 5) is 43.2. The maximum atomic E-state index is 15.9. The molecule has 1 aliphatic rings. The molecule has 0 saturated carbocycles. The number of rotatable bonds is 10. The summed E-state index contributed by atoms with van der Waals surface area (Å²) in [5.41, 5.74) is -0.300. The molecule has 9 nitrogen and oxygen atoms in total. The molecular formula is C35H37F5N6O3. The van der Waals surface area contributed by atoms with E-state index in [4.69, 9.17) is 4.74 Å². The molecule has 0 bridgehead atoms. The molecule has 1 N–H and O–H groups in total. The Hall–Kier alpha value is -4.88. The van der Waals surface area contributed by atoms with E-state index in [2.05, 4.69) is 26.5 Å². The number of halogens is 5. The van der Waals surface area contributed by atoms with E-state index in [1.807, 2.05) is 20.8 Å². The number of carbonyl (C=O) groups excluding carboxylic acids is 1. The molecule has 0 unspecified atom stereocenters. The maximum absolute atomic E-state index is 15.9. The third kappa shape index (κ3) is 7.27. The van der Waals surface area contributed by atoms with Gasteiger partial charge in [-0.3, -0.25) is 14.8 Å². The van der Waals surface area contributed by atoms with Crippen molar-refractivity contribution in [1.29, 1.82) is 0 Å². The third-order valence-electron chi connectivity index (χ3n) is 8.76. The van der Waals surface area contributed by atoms with Crippen molar-refractivity contribution in [2.75, 3.05) is 24.6 Å². The first kappa shape index (κ1) is 35.4. The van der Waals surface area contributed by atoms with Crippen LogP contribution < -0.4 is 15.3 Å². The van der Waals surface area contributed by atoms with E-state index in [1.54, 1.807) is 35.9 Å². The first-order chi connectivity index (χ1) is 23.1. The molecule has 0 radical (unpaired) electrons. The molecule has 1 aromatic carbocycles. The van der Waals surface area contributed by atoms with Gasteiger partial charge in [0.05, 0.1) is 10.9 Å².